The molecule has 15 heavy (non-hydrogen) atoms. The van der Waals surface area contributed by atoms with Crippen molar-refractivity contribution in [2.24, 2.45) is 0 Å². The van der Waals surface area contributed by atoms with E-state index in [-0.39, 0.29) is 17.9 Å². The fourth-order valence-electron chi connectivity index (χ4n) is 1.36. The van der Waals surface area contributed by atoms with E-state index in [9.17, 15) is 4.79 Å². The van der Waals surface area contributed by atoms with E-state index >= 15 is 0 Å². The van der Waals surface area contributed by atoms with Crippen LogP contribution >= 0.6 is 0 Å². The van der Waals surface area contributed by atoms with Gasteiger partial charge in [-0.3, -0.25) is 4.79 Å². The van der Waals surface area contributed by atoms with Crippen molar-refractivity contribution in [1.29, 1.82) is 0 Å². The van der Waals surface area contributed by atoms with E-state index in [0.717, 1.165) is 12.0 Å². The summed E-state index contributed by atoms with van der Waals surface area (Å²) in [4.78, 5) is 11.8. The van der Waals surface area contributed by atoms with E-state index in [1.165, 1.54) is 0 Å². The predicted molar refractivity (Wildman–Crippen MR) is 62.8 cm³/mol. The van der Waals surface area contributed by atoms with Crippen LogP contribution in [0.15, 0.2) is 30.3 Å². The molecule has 2 atom stereocenters. The predicted octanol–water partition coefficient (Wildman–Crippen LogP) is 2.70. The number of benzene rings is 1. The summed E-state index contributed by atoms with van der Waals surface area (Å²) >= 11 is 0. The molecule has 0 aromatic heterocycles. The minimum absolute atomic E-state index is 0.0693. The molecule has 0 bridgehead atoms. The van der Waals surface area contributed by atoms with Gasteiger partial charge in [0.25, 0.3) is 0 Å². The standard InChI is InChI=1S/C13H19NO/c1-4-10(2)14-13(15)11(3)12-8-6-5-7-9-12/h5-11H,4H2,1-3H3,(H,14,15)/t10-,11?/m0/s1. The van der Waals surface area contributed by atoms with E-state index in [2.05, 4.69) is 12.2 Å². The van der Waals surface area contributed by atoms with Gasteiger partial charge in [0, 0.05) is 6.04 Å². The molecular formula is C13H19NO. The van der Waals surface area contributed by atoms with Crippen LogP contribution in [0, 0.1) is 0 Å². The van der Waals surface area contributed by atoms with Gasteiger partial charge in [0.05, 0.1) is 5.92 Å². The van der Waals surface area contributed by atoms with E-state index in [4.69, 9.17) is 0 Å². The Balaban J connectivity index is 2.61. The summed E-state index contributed by atoms with van der Waals surface area (Å²) in [6.45, 7) is 6.03. The van der Waals surface area contributed by atoms with Gasteiger partial charge < -0.3 is 5.32 Å². The van der Waals surface area contributed by atoms with Crippen LogP contribution in [0.5, 0.6) is 0 Å². The molecule has 1 rings (SSSR count). The largest absolute Gasteiger partial charge is 0.353 e. The van der Waals surface area contributed by atoms with Crippen LogP contribution in [0.4, 0.5) is 0 Å². The summed E-state index contributed by atoms with van der Waals surface area (Å²) < 4.78 is 0. The molecule has 1 aromatic carbocycles. The summed E-state index contributed by atoms with van der Waals surface area (Å²) in [6, 6.07) is 10.1. The lowest BCUT2D eigenvalue weighted by Crippen LogP contribution is -2.35. The quantitative estimate of drug-likeness (QED) is 0.804. The molecule has 0 heterocycles. The molecule has 1 N–H and O–H groups in total. The van der Waals surface area contributed by atoms with Crippen LogP contribution in [-0.4, -0.2) is 11.9 Å². The molecule has 0 spiro atoms. The first-order valence-corrected chi connectivity index (χ1v) is 5.50. The highest BCUT2D eigenvalue weighted by Gasteiger charge is 2.15. The van der Waals surface area contributed by atoms with Crippen LogP contribution in [0.25, 0.3) is 0 Å². The molecule has 1 aromatic rings. The van der Waals surface area contributed by atoms with Gasteiger partial charge in [0.15, 0.2) is 0 Å². The highest BCUT2D eigenvalue weighted by Crippen LogP contribution is 2.14. The van der Waals surface area contributed by atoms with Gasteiger partial charge in [0.1, 0.15) is 0 Å². The lowest BCUT2D eigenvalue weighted by Gasteiger charge is -2.16. The fourth-order valence-corrected chi connectivity index (χ4v) is 1.36. The van der Waals surface area contributed by atoms with Gasteiger partial charge in [-0.1, -0.05) is 37.3 Å². The molecule has 2 heteroatoms. The molecule has 0 fully saturated rings. The molecule has 82 valence electrons. The molecule has 1 unspecified atom stereocenters. The van der Waals surface area contributed by atoms with Crippen LogP contribution in [0.2, 0.25) is 0 Å². The monoisotopic (exact) mass is 205 g/mol. The number of hydrogen-bond acceptors (Lipinski definition) is 1. The summed E-state index contributed by atoms with van der Waals surface area (Å²) in [7, 11) is 0. The van der Waals surface area contributed by atoms with Gasteiger partial charge in [-0.15, -0.1) is 0 Å². The maximum Gasteiger partial charge on any atom is 0.227 e. The maximum absolute atomic E-state index is 11.8. The highest BCUT2D eigenvalue weighted by atomic mass is 16.1. The third-order valence-corrected chi connectivity index (χ3v) is 2.69. The molecule has 0 radical (unpaired) electrons. The third-order valence-electron chi connectivity index (χ3n) is 2.69. The van der Waals surface area contributed by atoms with Crippen molar-refractivity contribution in [2.45, 2.75) is 39.2 Å². The first-order valence-electron chi connectivity index (χ1n) is 5.50. The average molecular weight is 205 g/mol. The Bertz CT molecular complexity index is 308. The van der Waals surface area contributed by atoms with Gasteiger partial charge >= 0.3 is 0 Å². The normalized spacial score (nSPS) is 14.3. The first kappa shape index (κ1) is 11.8. The third kappa shape index (κ3) is 3.39. The summed E-state index contributed by atoms with van der Waals surface area (Å²) in [6.07, 6.45) is 0.966. The molecule has 0 aliphatic heterocycles. The molecule has 0 aliphatic carbocycles. The van der Waals surface area contributed by atoms with Crippen molar-refractivity contribution in [2.75, 3.05) is 0 Å². The Morgan fingerprint density at radius 3 is 2.40 bits per heavy atom. The number of nitrogens with one attached hydrogen (secondary N) is 1. The van der Waals surface area contributed by atoms with Crippen LogP contribution in [-0.2, 0) is 4.79 Å². The molecule has 0 saturated carbocycles. The average Bonchev–Trinajstić information content (AvgIpc) is 2.29. The lowest BCUT2D eigenvalue weighted by molar-refractivity contribution is -0.122. The van der Waals surface area contributed by atoms with Crippen molar-refractivity contribution >= 4 is 5.91 Å². The van der Waals surface area contributed by atoms with Gasteiger partial charge in [-0.05, 0) is 25.8 Å². The van der Waals surface area contributed by atoms with Crippen molar-refractivity contribution in [3.8, 4) is 0 Å². The second-order valence-corrected chi connectivity index (χ2v) is 3.95. The Morgan fingerprint density at radius 2 is 1.87 bits per heavy atom. The number of carbonyl (C=O) groups is 1. The summed E-state index contributed by atoms with van der Waals surface area (Å²) in [5.41, 5.74) is 1.07. The Kier molecular flexibility index (Phi) is 4.35. The number of carbonyl (C=O) groups excluding carboxylic acids is 1. The van der Waals surface area contributed by atoms with Crippen molar-refractivity contribution in [3.05, 3.63) is 35.9 Å². The zero-order valence-corrected chi connectivity index (χ0v) is 9.66. The first-order chi connectivity index (χ1) is 7.15. The van der Waals surface area contributed by atoms with Crippen molar-refractivity contribution < 1.29 is 4.79 Å². The lowest BCUT2D eigenvalue weighted by atomic mass is 10.00. The maximum atomic E-state index is 11.8. The van der Waals surface area contributed by atoms with E-state index in [0.29, 0.717) is 0 Å². The van der Waals surface area contributed by atoms with E-state index in [1.54, 1.807) is 0 Å². The number of amides is 1. The SMILES string of the molecule is CC[C@H](C)NC(=O)C(C)c1ccccc1. The zero-order chi connectivity index (χ0) is 11.3. The van der Waals surface area contributed by atoms with Gasteiger partial charge in [-0.2, -0.15) is 0 Å². The van der Waals surface area contributed by atoms with E-state index in [1.807, 2.05) is 44.2 Å². The molecule has 2 nitrogen and oxygen atoms in total. The molecular weight excluding hydrogens is 186 g/mol. The molecule has 0 saturated heterocycles. The Labute approximate surface area is 91.7 Å². The molecule has 1 amide bonds. The molecule has 0 aliphatic rings. The topological polar surface area (TPSA) is 29.1 Å². The zero-order valence-electron chi connectivity index (χ0n) is 9.66. The van der Waals surface area contributed by atoms with Crippen LogP contribution in [0.1, 0.15) is 38.7 Å². The second kappa shape index (κ2) is 5.54. The fraction of sp³-hybridized carbons (Fsp3) is 0.462. The van der Waals surface area contributed by atoms with Crippen molar-refractivity contribution in [3.63, 3.8) is 0 Å². The van der Waals surface area contributed by atoms with Crippen LogP contribution < -0.4 is 5.32 Å². The minimum atomic E-state index is -0.0693. The van der Waals surface area contributed by atoms with Gasteiger partial charge in [0.2, 0.25) is 5.91 Å². The number of hydrogen-bond donors (Lipinski definition) is 1. The second-order valence-electron chi connectivity index (χ2n) is 3.95. The van der Waals surface area contributed by atoms with Gasteiger partial charge in [-0.25, -0.2) is 0 Å². The Morgan fingerprint density at radius 1 is 1.27 bits per heavy atom. The van der Waals surface area contributed by atoms with E-state index < -0.39 is 0 Å². The van der Waals surface area contributed by atoms with Crippen molar-refractivity contribution in [1.82, 2.24) is 5.32 Å². The smallest absolute Gasteiger partial charge is 0.227 e. The number of rotatable bonds is 4. The Hall–Kier alpha value is -1.31. The minimum Gasteiger partial charge on any atom is -0.353 e. The summed E-state index contributed by atoms with van der Waals surface area (Å²) in [5.74, 6) is 0.0377. The highest BCUT2D eigenvalue weighted by molar-refractivity contribution is 5.83. The summed E-state index contributed by atoms with van der Waals surface area (Å²) in [5, 5.41) is 2.99. The van der Waals surface area contributed by atoms with Crippen LogP contribution in [0.3, 0.4) is 0 Å².